The van der Waals surface area contributed by atoms with Crippen LogP contribution in [-0.2, 0) is 0 Å². The van der Waals surface area contributed by atoms with Gasteiger partial charge in [-0.2, -0.15) is 0 Å². The van der Waals surface area contributed by atoms with Crippen LogP contribution in [0.15, 0.2) is 54.6 Å². The van der Waals surface area contributed by atoms with Gasteiger partial charge in [0, 0.05) is 30.5 Å². The normalized spacial score (nSPS) is 13.6. The summed E-state index contributed by atoms with van der Waals surface area (Å²) in [6.07, 6.45) is 2.52. The number of para-hydroxylation sites is 1. The van der Waals surface area contributed by atoms with Crippen LogP contribution in [0.4, 0.5) is 33.1 Å². The summed E-state index contributed by atoms with van der Waals surface area (Å²) in [6.45, 7) is 4.07. The quantitative estimate of drug-likeness (QED) is 0.667. The predicted molar refractivity (Wildman–Crippen MR) is 108 cm³/mol. The van der Waals surface area contributed by atoms with E-state index in [4.69, 9.17) is 0 Å². The number of aromatic nitrogens is 2. The maximum Gasteiger partial charge on any atom is 0.146 e. The van der Waals surface area contributed by atoms with Gasteiger partial charge in [0.1, 0.15) is 23.3 Å². The van der Waals surface area contributed by atoms with Crippen LogP contribution < -0.4 is 15.5 Å². The number of nitrogens with one attached hydrogen (secondary N) is 2. The second-order valence-corrected chi connectivity index (χ2v) is 6.66. The van der Waals surface area contributed by atoms with Crippen LogP contribution in [0.25, 0.3) is 0 Å². The third-order valence-corrected chi connectivity index (χ3v) is 4.59. The molecule has 2 aromatic carbocycles. The van der Waals surface area contributed by atoms with Gasteiger partial charge in [-0.1, -0.05) is 12.1 Å². The Bertz CT molecular complexity index is 920. The van der Waals surface area contributed by atoms with E-state index in [0.717, 1.165) is 18.8 Å². The van der Waals surface area contributed by atoms with Crippen LogP contribution in [0.2, 0.25) is 0 Å². The topological polar surface area (TPSA) is 53.1 Å². The minimum atomic E-state index is -0.319. The van der Waals surface area contributed by atoms with Gasteiger partial charge in [0.25, 0.3) is 0 Å². The van der Waals surface area contributed by atoms with E-state index in [1.54, 1.807) is 24.3 Å². The maximum absolute atomic E-state index is 13.9. The molecule has 27 heavy (non-hydrogen) atoms. The van der Waals surface area contributed by atoms with Crippen LogP contribution in [0.5, 0.6) is 0 Å². The molecule has 6 heteroatoms. The number of hydrogen-bond donors (Lipinski definition) is 2. The Labute approximate surface area is 158 Å². The van der Waals surface area contributed by atoms with Gasteiger partial charge in [-0.15, -0.1) is 0 Å². The Morgan fingerprint density at radius 3 is 2.26 bits per heavy atom. The van der Waals surface area contributed by atoms with Gasteiger partial charge in [0.2, 0.25) is 0 Å². The van der Waals surface area contributed by atoms with Crippen LogP contribution in [0.3, 0.4) is 0 Å². The first kappa shape index (κ1) is 17.3. The highest BCUT2D eigenvalue weighted by Gasteiger charge is 2.12. The Morgan fingerprint density at radius 1 is 0.889 bits per heavy atom. The van der Waals surface area contributed by atoms with Gasteiger partial charge in [0.05, 0.1) is 5.69 Å². The first-order valence-electron chi connectivity index (χ1n) is 9.17. The average molecular weight is 363 g/mol. The van der Waals surface area contributed by atoms with Crippen molar-refractivity contribution in [2.75, 3.05) is 28.6 Å². The van der Waals surface area contributed by atoms with E-state index in [-0.39, 0.29) is 5.82 Å². The lowest BCUT2D eigenvalue weighted by Gasteiger charge is -2.18. The first-order chi connectivity index (χ1) is 13.2. The molecular formula is C21H22FN5. The molecule has 5 nitrogen and oxygen atoms in total. The zero-order chi connectivity index (χ0) is 18.6. The standard InChI is InChI=1S/C21H22FN5/c1-15-23-20(14-21(24-15)26-19-7-3-2-6-18(19)22)25-16-8-10-17(11-9-16)27-12-4-5-13-27/h2-3,6-11,14H,4-5,12-13H2,1H3,(H2,23,24,25,26). The zero-order valence-corrected chi connectivity index (χ0v) is 15.2. The van der Waals surface area contributed by atoms with Gasteiger partial charge in [-0.25, -0.2) is 14.4 Å². The molecule has 138 valence electrons. The molecule has 2 heterocycles. The summed E-state index contributed by atoms with van der Waals surface area (Å²) >= 11 is 0. The Hall–Kier alpha value is -3.15. The lowest BCUT2D eigenvalue weighted by Crippen LogP contribution is -2.17. The molecule has 0 unspecified atom stereocenters. The smallest absolute Gasteiger partial charge is 0.146 e. The number of rotatable bonds is 5. The fourth-order valence-corrected chi connectivity index (χ4v) is 3.28. The Morgan fingerprint density at radius 2 is 1.56 bits per heavy atom. The SMILES string of the molecule is Cc1nc(Nc2ccc(N3CCCC3)cc2)cc(Nc2ccccc2F)n1. The Kier molecular flexibility index (Phi) is 4.87. The fraction of sp³-hybridized carbons (Fsp3) is 0.238. The van der Waals surface area contributed by atoms with E-state index in [2.05, 4.69) is 49.8 Å². The number of benzene rings is 2. The largest absolute Gasteiger partial charge is 0.372 e. The molecule has 1 saturated heterocycles. The van der Waals surface area contributed by atoms with E-state index in [0.29, 0.717) is 23.1 Å². The van der Waals surface area contributed by atoms with E-state index in [1.807, 2.05) is 6.92 Å². The molecule has 2 N–H and O–H groups in total. The van der Waals surface area contributed by atoms with E-state index < -0.39 is 0 Å². The molecule has 0 amide bonds. The molecule has 1 aromatic heterocycles. The van der Waals surface area contributed by atoms with Crippen LogP contribution in [0, 0.1) is 12.7 Å². The third-order valence-electron chi connectivity index (χ3n) is 4.59. The van der Waals surface area contributed by atoms with Gasteiger partial charge in [-0.05, 0) is 56.2 Å². The number of halogens is 1. The highest BCUT2D eigenvalue weighted by atomic mass is 19.1. The zero-order valence-electron chi connectivity index (χ0n) is 15.2. The molecule has 0 atom stereocenters. The Balaban J connectivity index is 1.50. The van der Waals surface area contributed by atoms with Crippen LogP contribution in [-0.4, -0.2) is 23.1 Å². The lowest BCUT2D eigenvalue weighted by molar-refractivity contribution is 0.632. The van der Waals surface area contributed by atoms with Crippen molar-refractivity contribution >= 4 is 28.7 Å². The van der Waals surface area contributed by atoms with Crippen molar-refractivity contribution in [1.29, 1.82) is 0 Å². The molecule has 0 saturated carbocycles. The first-order valence-corrected chi connectivity index (χ1v) is 9.17. The highest BCUT2D eigenvalue weighted by Crippen LogP contribution is 2.25. The molecule has 0 aliphatic carbocycles. The molecule has 0 radical (unpaired) electrons. The summed E-state index contributed by atoms with van der Waals surface area (Å²) in [5.41, 5.74) is 2.59. The number of aryl methyl sites for hydroxylation is 1. The average Bonchev–Trinajstić information content (AvgIpc) is 3.19. The minimum Gasteiger partial charge on any atom is -0.372 e. The second kappa shape index (κ2) is 7.61. The molecule has 4 rings (SSSR count). The number of nitrogens with zero attached hydrogens (tertiary/aromatic N) is 3. The van der Waals surface area contributed by atoms with Crippen molar-refractivity contribution in [3.63, 3.8) is 0 Å². The molecular weight excluding hydrogens is 341 g/mol. The van der Waals surface area contributed by atoms with Crippen molar-refractivity contribution < 1.29 is 4.39 Å². The summed E-state index contributed by atoms with van der Waals surface area (Å²) in [4.78, 5) is 11.2. The van der Waals surface area contributed by atoms with Crippen molar-refractivity contribution in [3.8, 4) is 0 Å². The van der Waals surface area contributed by atoms with Gasteiger partial charge in [-0.3, -0.25) is 0 Å². The van der Waals surface area contributed by atoms with E-state index in [9.17, 15) is 4.39 Å². The van der Waals surface area contributed by atoms with E-state index in [1.165, 1.54) is 24.6 Å². The second-order valence-electron chi connectivity index (χ2n) is 6.66. The fourth-order valence-electron chi connectivity index (χ4n) is 3.28. The number of anilines is 5. The summed E-state index contributed by atoms with van der Waals surface area (Å²) in [5.74, 6) is 1.49. The molecule has 3 aromatic rings. The maximum atomic E-state index is 13.9. The lowest BCUT2D eigenvalue weighted by atomic mass is 10.2. The summed E-state index contributed by atoms with van der Waals surface area (Å²) in [5, 5.41) is 6.31. The summed E-state index contributed by atoms with van der Waals surface area (Å²) in [7, 11) is 0. The molecule has 1 aliphatic heterocycles. The van der Waals surface area contributed by atoms with Crippen molar-refractivity contribution in [2.24, 2.45) is 0 Å². The number of hydrogen-bond acceptors (Lipinski definition) is 5. The third kappa shape index (κ3) is 4.16. The van der Waals surface area contributed by atoms with E-state index >= 15 is 0 Å². The van der Waals surface area contributed by atoms with Gasteiger partial charge >= 0.3 is 0 Å². The monoisotopic (exact) mass is 363 g/mol. The highest BCUT2D eigenvalue weighted by molar-refractivity contribution is 5.65. The molecule has 1 fully saturated rings. The van der Waals surface area contributed by atoms with Crippen LogP contribution in [0.1, 0.15) is 18.7 Å². The molecule has 0 bridgehead atoms. The van der Waals surface area contributed by atoms with Crippen molar-refractivity contribution in [3.05, 3.63) is 66.2 Å². The predicted octanol–water partition coefficient (Wildman–Crippen LogP) is 5.01. The van der Waals surface area contributed by atoms with Gasteiger partial charge < -0.3 is 15.5 Å². The van der Waals surface area contributed by atoms with Crippen LogP contribution >= 0.6 is 0 Å². The molecule has 1 aliphatic rings. The minimum absolute atomic E-state index is 0.319. The summed E-state index contributed by atoms with van der Waals surface area (Å²) in [6, 6.07) is 16.7. The summed E-state index contributed by atoms with van der Waals surface area (Å²) < 4.78 is 13.9. The van der Waals surface area contributed by atoms with Crippen molar-refractivity contribution in [1.82, 2.24) is 9.97 Å². The molecule has 0 spiro atoms. The van der Waals surface area contributed by atoms with Gasteiger partial charge in [0.15, 0.2) is 0 Å². The van der Waals surface area contributed by atoms with Crippen molar-refractivity contribution in [2.45, 2.75) is 19.8 Å².